The van der Waals surface area contributed by atoms with Crippen LogP contribution in [0.15, 0.2) is 47.4 Å². The summed E-state index contributed by atoms with van der Waals surface area (Å²) in [5.41, 5.74) is -3.46. The number of sulfonamides is 1. The minimum atomic E-state index is -3.95. The highest BCUT2D eigenvalue weighted by atomic mass is 35.5. The van der Waals surface area contributed by atoms with E-state index in [-0.39, 0.29) is 55.5 Å². The number of nitrogens with one attached hydrogen (secondary N) is 2. The van der Waals surface area contributed by atoms with Gasteiger partial charge in [-0.2, -0.15) is 27.8 Å². The van der Waals surface area contributed by atoms with Crippen LogP contribution in [-0.4, -0.2) is 54.7 Å². The van der Waals surface area contributed by atoms with Crippen LogP contribution in [0.2, 0.25) is 5.02 Å². The standard InChI is InChI=1S/C36H28ClF8N9O4S2/c1-35(42,43)34-46-12-23(59-34)20-11-25(56)54(22-5-4-19(37)27-29(22)52(2)50-32(27)51-60(3,57)58)33(48-20)21(8-14-6-15(38)9-16(39)7-14)47-24(55)13-53-30-26(28(49-53)31(40)41)17-10-18(17)36(30,44)45/h4-7,9,11-12,17-18,21,31H,8,10,13H2,1-3H3,(H,47,55)(H,50,51)/t17-,18+,21-/m0/s1. The molecule has 4 aromatic heterocycles. The van der Waals surface area contributed by atoms with Gasteiger partial charge in [-0.1, -0.05) is 11.6 Å². The topological polar surface area (TPSA) is 159 Å². The molecule has 24 heteroatoms. The second-order valence-corrected chi connectivity index (χ2v) is 17.7. The predicted molar refractivity (Wildman–Crippen MR) is 201 cm³/mol. The van der Waals surface area contributed by atoms with Gasteiger partial charge in [0.15, 0.2) is 10.8 Å². The number of hydrogen-bond acceptors (Lipinski definition) is 9. The Hall–Kier alpha value is -5.42. The number of benzene rings is 2. The van der Waals surface area contributed by atoms with Gasteiger partial charge in [0.25, 0.3) is 23.8 Å². The Kier molecular flexibility index (Phi) is 9.89. The first kappa shape index (κ1) is 41.3. The Morgan fingerprint density at radius 2 is 1.82 bits per heavy atom. The summed E-state index contributed by atoms with van der Waals surface area (Å²) in [5, 5.41) is 9.75. The number of aryl methyl sites for hydroxylation is 1. The van der Waals surface area contributed by atoms with E-state index in [0.29, 0.717) is 29.0 Å². The van der Waals surface area contributed by atoms with Crippen LogP contribution in [0.25, 0.3) is 27.2 Å². The molecular weight excluding hydrogens is 874 g/mol. The van der Waals surface area contributed by atoms with Crippen molar-refractivity contribution >= 4 is 55.6 Å². The average Bonchev–Trinajstić information content (AvgIpc) is 3.36. The van der Waals surface area contributed by atoms with E-state index < -0.39 is 104 Å². The van der Waals surface area contributed by atoms with Gasteiger partial charge in [0.05, 0.1) is 44.5 Å². The van der Waals surface area contributed by atoms with Crippen molar-refractivity contribution in [3.8, 4) is 16.3 Å². The van der Waals surface area contributed by atoms with Crippen LogP contribution in [0.4, 0.5) is 40.9 Å². The summed E-state index contributed by atoms with van der Waals surface area (Å²) in [4.78, 5) is 36.7. The fraction of sp³-hybridized carbons (Fsp3) is 0.333. The molecule has 1 saturated carbocycles. The minimum absolute atomic E-state index is 0.00423. The third kappa shape index (κ3) is 7.39. The smallest absolute Gasteiger partial charge is 0.296 e. The summed E-state index contributed by atoms with van der Waals surface area (Å²) in [6.07, 6.45) is -1.97. The number of aromatic nitrogens is 7. The molecule has 8 rings (SSSR count). The molecule has 13 nitrogen and oxygen atoms in total. The zero-order valence-electron chi connectivity index (χ0n) is 31.0. The van der Waals surface area contributed by atoms with Crippen molar-refractivity contribution < 1.29 is 48.3 Å². The lowest BCUT2D eigenvalue weighted by Gasteiger charge is -2.24. The molecule has 6 aromatic rings. The van der Waals surface area contributed by atoms with Crippen molar-refractivity contribution in [1.29, 1.82) is 0 Å². The molecule has 2 aliphatic rings. The van der Waals surface area contributed by atoms with Crippen LogP contribution in [0.1, 0.15) is 65.1 Å². The number of fused-ring (bicyclic) bond motifs is 4. The maximum Gasteiger partial charge on any atom is 0.296 e. The number of amides is 1. The van der Waals surface area contributed by atoms with Crippen molar-refractivity contribution in [2.45, 2.75) is 56.5 Å². The van der Waals surface area contributed by atoms with E-state index in [1.54, 1.807) is 0 Å². The van der Waals surface area contributed by atoms with E-state index in [9.17, 15) is 44.3 Å². The first-order valence-corrected chi connectivity index (χ1v) is 20.7. The largest absolute Gasteiger partial charge is 0.344 e. The van der Waals surface area contributed by atoms with Crippen molar-refractivity contribution in [2.24, 2.45) is 13.0 Å². The summed E-state index contributed by atoms with van der Waals surface area (Å²) in [6, 6.07) is 4.28. The summed E-state index contributed by atoms with van der Waals surface area (Å²) in [7, 11) is -2.56. The highest BCUT2D eigenvalue weighted by Crippen LogP contribution is 2.68. The molecule has 0 radical (unpaired) electrons. The Bertz CT molecular complexity index is 2910. The van der Waals surface area contributed by atoms with E-state index in [1.165, 1.54) is 23.9 Å². The number of carbonyl (C=O) groups excluding carboxylic acids is 1. The van der Waals surface area contributed by atoms with Gasteiger partial charge in [0.2, 0.25) is 15.9 Å². The average molecular weight is 902 g/mol. The fourth-order valence-corrected chi connectivity index (χ4v) is 9.15. The van der Waals surface area contributed by atoms with Crippen LogP contribution < -0.4 is 15.6 Å². The lowest BCUT2D eigenvalue weighted by atomic mass is 10.0. The predicted octanol–water partition coefficient (Wildman–Crippen LogP) is 7.10. The molecule has 3 atom stereocenters. The summed E-state index contributed by atoms with van der Waals surface area (Å²) < 4.78 is 146. The molecule has 4 heterocycles. The monoisotopic (exact) mass is 901 g/mol. The van der Waals surface area contributed by atoms with E-state index in [1.807, 2.05) is 0 Å². The number of carbonyl (C=O) groups is 1. The number of anilines is 1. The molecule has 0 unspecified atom stereocenters. The molecule has 0 bridgehead atoms. The number of halogens is 9. The second kappa shape index (κ2) is 14.4. The first-order chi connectivity index (χ1) is 28.0. The van der Waals surface area contributed by atoms with Gasteiger partial charge >= 0.3 is 0 Å². The molecule has 2 aliphatic carbocycles. The summed E-state index contributed by atoms with van der Waals surface area (Å²) in [6.45, 7) is -0.458. The van der Waals surface area contributed by atoms with E-state index >= 15 is 8.78 Å². The van der Waals surface area contributed by atoms with Crippen LogP contribution in [0, 0.1) is 17.6 Å². The lowest BCUT2D eigenvalue weighted by molar-refractivity contribution is -0.123. The molecule has 1 amide bonds. The molecule has 2 N–H and O–H groups in total. The van der Waals surface area contributed by atoms with E-state index in [4.69, 9.17) is 11.6 Å². The lowest BCUT2D eigenvalue weighted by Crippen LogP contribution is -2.38. The molecule has 316 valence electrons. The number of alkyl halides is 6. The zero-order chi connectivity index (χ0) is 43.4. The van der Waals surface area contributed by atoms with Crippen LogP contribution >= 0.6 is 22.9 Å². The number of nitrogens with zero attached hydrogens (tertiary/aromatic N) is 7. The van der Waals surface area contributed by atoms with Gasteiger partial charge < -0.3 is 5.32 Å². The third-order valence-electron chi connectivity index (χ3n) is 9.99. The second-order valence-electron chi connectivity index (χ2n) is 14.5. The summed E-state index contributed by atoms with van der Waals surface area (Å²) >= 11 is 7.02. The Balaban J connectivity index is 1.32. The van der Waals surface area contributed by atoms with Crippen molar-refractivity contribution in [2.75, 3.05) is 11.0 Å². The number of hydrogen-bond donors (Lipinski definition) is 2. The fourth-order valence-electron chi connectivity index (χ4n) is 7.61. The minimum Gasteiger partial charge on any atom is -0.344 e. The summed E-state index contributed by atoms with van der Waals surface area (Å²) in [5.74, 6) is -13.0. The molecule has 0 spiro atoms. The van der Waals surface area contributed by atoms with Crippen LogP contribution in [0.3, 0.4) is 0 Å². The van der Waals surface area contributed by atoms with E-state index in [0.717, 1.165) is 35.2 Å². The Morgan fingerprint density at radius 1 is 1.12 bits per heavy atom. The van der Waals surface area contributed by atoms with Gasteiger partial charge in [0.1, 0.15) is 35.4 Å². The zero-order valence-corrected chi connectivity index (χ0v) is 33.3. The van der Waals surface area contributed by atoms with Gasteiger partial charge in [-0.3, -0.25) is 28.2 Å². The van der Waals surface area contributed by atoms with Gasteiger partial charge in [-0.05, 0) is 42.2 Å². The van der Waals surface area contributed by atoms with Gasteiger partial charge in [0, 0.05) is 50.2 Å². The van der Waals surface area contributed by atoms with Crippen LogP contribution in [-0.2, 0) is 46.7 Å². The SMILES string of the molecule is Cn1nc(NS(C)(=O)=O)c2c(Cl)ccc(-n3c([C@H](Cc4cc(F)cc(F)c4)NC(=O)Cn4nc(C(F)F)c5c4C(F)(F)[C@@H]4C[C@H]54)nc(-c4cnc(C(C)(F)F)s4)cc3=O)c21. The third-order valence-corrected chi connectivity index (χ3v) is 12.1. The molecule has 2 aromatic carbocycles. The van der Waals surface area contributed by atoms with Crippen molar-refractivity contribution in [3.05, 3.63) is 103 Å². The molecule has 1 fully saturated rings. The Morgan fingerprint density at radius 3 is 2.45 bits per heavy atom. The normalized spacial score (nSPS) is 17.6. The number of thiazole rings is 1. The van der Waals surface area contributed by atoms with Crippen molar-refractivity contribution in [1.82, 2.24) is 39.4 Å². The molecular formula is C36H28ClF8N9O4S2. The van der Waals surface area contributed by atoms with Gasteiger partial charge in [-0.15, -0.1) is 11.3 Å². The van der Waals surface area contributed by atoms with E-state index in [2.05, 4.69) is 30.2 Å². The molecule has 0 saturated heterocycles. The van der Waals surface area contributed by atoms with Crippen molar-refractivity contribution in [3.63, 3.8) is 0 Å². The maximum atomic E-state index is 15.4. The highest BCUT2D eigenvalue weighted by molar-refractivity contribution is 7.92. The molecule has 0 aliphatic heterocycles. The Labute approximate surface area is 342 Å². The quantitative estimate of drug-likeness (QED) is 0.123. The number of rotatable bonds is 12. The first-order valence-electron chi connectivity index (χ1n) is 17.6. The van der Waals surface area contributed by atoms with Gasteiger partial charge in [-0.25, -0.2) is 35.9 Å². The highest BCUT2D eigenvalue weighted by Gasteiger charge is 2.67. The maximum absolute atomic E-state index is 15.4. The molecule has 60 heavy (non-hydrogen) atoms. The van der Waals surface area contributed by atoms with Crippen LogP contribution in [0.5, 0.6) is 0 Å².